The van der Waals surface area contributed by atoms with Gasteiger partial charge in [-0.15, -0.1) is 0 Å². The molecule has 0 bridgehead atoms. The van der Waals surface area contributed by atoms with Crippen molar-refractivity contribution in [2.75, 3.05) is 13.7 Å². The minimum atomic E-state index is -0.657. The van der Waals surface area contributed by atoms with Crippen LogP contribution in [0, 0.1) is 6.92 Å². The Balaban J connectivity index is 2.13. The van der Waals surface area contributed by atoms with Crippen molar-refractivity contribution in [2.45, 2.75) is 45.4 Å². The highest BCUT2D eigenvalue weighted by atomic mass is 16.5. The van der Waals surface area contributed by atoms with Gasteiger partial charge in [-0.2, -0.15) is 0 Å². The van der Waals surface area contributed by atoms with E-state index in [4.69, 9.17) is 9.15 Å². The lowest BCUT2D eigenvalue weighted by Gasteiger charge is -2.23. The van der Waals surface area contributed by atoms with Gasteiger partial charge in [-0.3, -0.25) is 9.69 Å². The van der Waals surface area contributed by atoms with E-state index >= 15 is 0 Å². The number of hydrogen-bond donors (Lipinski definition) is 2. The summed E-state index contributed by atoms with van der Waals surface area (Å²) in [6.45, 7) is 4.18. The Bertz CT molecular complexity index is 903. The summed E-state index contributed by atoms with van der Waals surface area (Å²) in [5.74, 6) is -0.381. The molecule has 2 heterocycles. The molecule has 1 saturated heterocycles. The predicted molar refractivity (Wildman–Crippen MR) is 95.1 cm³/mol. The maximum absolute atomic E-state index is 12.0. The second-order valence-electron chi connectivity index (χ2n) is 6.70. The van der Waals surface area contributed by atoms with Crippen molar-refractivity contribution in [3.05, 3.63) is 39.2 Å². The number of β-amino-alcohol motifs (C(OH)–C–C–N with tert-alkyl or cyclic N) is 1. The fourth-order valence-electron chi connectivity index (χ4n) is 3.62. The van der Waals surface area contributed by atoms with Crippen molar-refractivity contribution < 1.29 is 24.2 Å². The van der Waals surface area contributed by atoms with Gasteiger partial charge in [-0.05, 0) is 30.5 Å². The Morgan fingerprint density at radius 3 is 2.81 bits per heavy atom. The lowest BCUT2D eigenvalue weighted by atomic mass is 9.99. The summed E-state index contributed by atoms with van der Waals surface area (Å²) in [5.41, 5.74) is 1.76. The zero-order valence-corrected chi connectivity index (χ0v) is 15.1. The zero-order valence-electron chi connectivity index (χ0n) is 15.1. The van der Waals surface area contributed by atoms with Gasteiger partial charge in [0.1, 0.15) is 17.4 Å². The van der Waals surface area contributed by atoms with Gasteiger partial charge in [-0.1, -0.05) is 6.92 Å². The number of benzene rings is 1. The van der Waals surface area contributed by atoms with E-state index in [2.05, 4.69) is 0 Å². The minimum Gasteiger partial charge on any atom is -0.507 e. The van der Waals surface area contributed by atoms with Crippen LogP contribution in [0.1, 0.15) is 30.0 Å². The van der Waals surface area contributed by atoms with Crippen LogP contribution in [-0.2, 0) is 22.5 Å². The van der Waals surface area contributed by atoms with Crippen LogP contribution in [-0.4, -0.2) is 46.9 Å². The third kappa shape index (κ3) is 3.20. The van der Waals surface area contributed by atoms with Gasteiger partial charge in [-0.25, -0.2) is 4.79 Å². The van der Waals surface area contributed by atoms with Crippen LogP contribution in [0.25, 0.3) is 11.0 Å². The van der Waals surface area contributed by atoms with Crippen molar-refractivity contribution in [3.8, 4) is 5.75 Å². The summed E-state index contributed by atoms with van der Waals surface area (Å²) < 4.78 is 10.2. The first-order valence-corrected chi connectivity index (χ1v) is 8.63. The number of aromatic hydroxyl groups is 1. The number of rotatable bonds is 4. The summed E-state index contributed by atoms with van der Waals surface area (Å²) >= 11 is 0. The number of nitrogens with zero attached hydrogens (tertiary/aromatic N) is 1. The molecule has 1 aliphatic rings. The van der Waals surface area contributed by atoms with E-state index in [1.54, 1.807) is 4.90 Å². The van der Waals surface area contributed by atoms with Crippen LogP contribution in [0.5, 0.6) is 5.75 Å². The largest absolute Gasteiger partial charge is 0.507 e. The number of hydrogen-bond acceptors (Lipinski definition) is 7. The van der Waals surface area contributed by atoms with Crippen molar-refractivity contribution in [2.24, 2.45) is 0 Å². The number of ether oxygens (including phenoxy) is 1. The summed E-state index contributed by atoms with van der Waals surface area (Å²) in [4.78, 5) is 25.6. The highest BCUT2D eigenvalue weighted by molar-refractivity contribution is 5.86. The van der Waals surface area contributed by atoms with E-state index in [0.717, 1.165) is 16.5 Å². The molecule has 140 valence electrons. The summed E-state index contributed by atoms with van der Waals surface area (Å²) in [7, 11) is 1.30. The average Bonchev–Trinajstić information content (AvgIpc) is 2.97. The summed E-state index contributed by atoms with van der Waals surface area (Å²) in [5, 5.41) is 21.4. The fraction of sp³-hybridized carbons (Fsp3) is 0.474. The van der Waals surface area contributed by atoms with E-state index < -0.39 is 23.7 Å². The number of carbonyl (C=O) groups is 1. The highest BCUT2D eigenvalue weighted by Crippen LogP contribution is 2.35. The first-order chi connectivity index (χ1) is 12.3. The van der Waals surface area contributed by atoms with Gasteiger partial charge in [0.05, 0.1) is 18.8 Å². The number of likely N-dealkylation sites (tertiary alicyclic amines) is 1. The van der Waals surface area contributed by atoms with E-state index in [9.17, 15) is 19.8 Å². The molecule has 0 amide bonds. The van der Waals surface area contributed by atoms with Gasteiger partial charge in [0.2, 0.25) is 0 Å². The molecule has 2 N–H and O–H groups in total. The second kappa shape index (κ2) is 7.09. The molecule has 1 aromatic carbocycles. The van der Waals surface area contributed by atoms with Crippen LogP contribution in [0.4, 0.5) is 0 Å². The molecule has 7 nitrogen and oxygen atoms in total. The number of methoxy groups -OCH3 is 1. The first kappa shape index (κ1) is 18.4. The number of esters is 1. The molecule has 7 heteroatoms. The van der Waals surface area contributed by atoms with Gasteiger partial charge < -0.3 is 19.4 Å². The Hall–Kier alpha value is -2.38. The SMILES string of the molecule is CCc1cc2c(C)cc(=O)oc2c(CN2C[C@H](O)C[C@H]2C(=O)OC)c1O. The molecule has 0 aliphatic carbocycles. The maximum Gasteiger partial charge on any atom is 0.336 e. The topological polar surface area (TPSA) is 100 Å². The van der Waals surface area contributed by atoms with Gasteiger partial charge in [0, 0.05) is 31.0 Å². The highest BCUT2D eigenvalue weighted by Gasteiger charge is 2.37. The molecule has 0 saturated carbocycles. The number of carbonyl (C=O) groups excluding carboxylic acids is 1. The van der Waals surface area contributed by atoms with Crippen molar-refractivity contribution in [1.82, 2.24) is 4.90 Å². The molecular weight excluding hydrogens is 338 g/mol. The number of phenolic OH excluding ortho intramolecular Hbond substituents is 1. The van der Waals surface area contributed by atoms with Crippen molar-refractivity contribution >= 4 is 16.9 Å². The number of aryl methyl sites for hydroxylation is 2. The van der Waals surface area contributed by atoms with E-state index in [-0.39, 0.29) is 25.3 Å². The molecular formula is C19H23NO6. The lowest BCUT2D eigenvalue weighted by Crippen LogP contribution is -2.36. The molecule has 26 heavy (non-hydrogen) atoms. The minimum absolute atomic E-state index is 0.0544. The van der Waals surface area contributed by atoms with Crippen LogP contribution >= 0.6 is 0 Å². The third-order valence-electron chi connectivity index (χ3n) is 4.99. The normalized spacial score (nSPS) is 20.6. The second-order valence-corrected chi connectivity index (χ2v) is 6.70. The summed E-state index contributed by atoms with van der Waals surface area (Å²) in [6, 6.07) is 2.63. The lowest BCUT2D eigenvalue weighted by molar-refractivity contribution is -0.146. The molecule has 2 aromatic rings. The Morgan fingerprint density at radius 1 is 1.42 bits per heavy atom. The average molecular weight is 361 g/mol. The Kier molecular flexibility index (Phi) is 5.02. The first-order valence-electron chi connectivity index (χ1n) is 8.63. The number of aliphatic hydroxyl groups is 1. The molecule has 0 spiro atoms. The van der Waals surface area contributed by atoms with Crippen molar-refractivity contribution in [1.29, 1.82) is 0 Å². The molecule has 2 atom stereocenters. The number of aliphatic hydroxyl groups excluding tert-OH is 1. The summed E-state index contributed by atoms with van der Waals surface area (Å²) in [6.07, 6.45) is 0.216. The van der Waals surface area contributed by atoms with Crippen LogP contribution in [0.2, 0.25) is 0 Å². The Morgan fingerprint density at radius 2 is 2.15 bits per heavy atom. The standard InChI is InChI=1S/C19H23NO6/c1-4-11-6-13-10(2)5-16(22)26-18(13)14(17(11)23)9-20-8-12(21)7-15(20)19(24)25-3/h5-6,12,15,21,23H,4,7-9H2,1-3H3/t12-,15+/m1/s1. The van der Waals surface area contributed by atoms with Crippen LogP contribution < -0.4 is 5.63 Å². The van der Waals surface area contributed by atoms with E-state index in [0.29, 0.717) is 17.6 Å². The molecule has 1 fully saturated rings. The molecule has 1 aromatic heterocycles. The molecule has 3 rings (SSSR count). The fourth-order valence-corrected chi connectivity index (χ4v) is 3.62. The Labute approximate surface area is 150 Å². The molecule has 1 aliphatic heterocycles. The molecule has 0 unspecified atom stereocenters. The van der Waals surface area contributed by atoms with Crippen molar-refractivity contribution in [3.63, 3.8) is 0 Å². The zero-order chi connectivity index (χ0) is 19.0. The van der Waals surface area contributed by atoms with Gasteiger partial charge in [0.15, 0.2) is 0 Å². The maximum atomic E-state index is 12.0. The van der Waals surface area contributed by atoms with Crippen LogP contribution in [0.15, 0.2) is 21.3 Å². The third-order valence-corrected chi connectivity index (χ3v) is 4.99. The van der Waals surface area contributed by atoms with E-state index in [1.807, 2.05) is 19.9 Å². The number of fused-ring (bicyclic) bond motifs is 1. The van der Waals surface area contributed by atoms with Crippen LogP contribution in [0.3, 0.4) is 0 Å². The predicted octanol–water partition coefficient (Wildman–Crippen LogP) is 1.48. The van der Waals surface area contributed by atoms with Gasteiger partial charge >= 0.3 is 11.6 Å². The molecule has 0 radical (unpaired) electrons. The smallest absolute Gasteiger partial charge is 0.336 e. The monoisotopic (exact) mass is 361 g/mol. The van der Waals surface area contributed by atoms with E-state index in [1.165, 1.54) is 13.2 Å². The van der Waals surface area contributed by atoms with Gasteiger partial charge in [0.25, 0.3) is 0 Å². The quantitative estimate of drug-likeness (QED) is 0.628. The number of phenols is 1.